The van der Waals surface area contributed by atoms with Crippen LogP contribution >= 0.6 is 11.3 Å². The number of nitrogens with zero attached hydrogens (tertiary/aromatic N) is 2. The van der Waals surface area contributed by atoms with E-state index in [2.05, 4.69) is 10.1 Å². The summed E-state index contributed by atoms with van der Waals surface area (Å²) in [4.78, 5) is 29.6. The van der Waals surface area contributed by atoms with Crippen molar-refractivity contribution in [1.82, 2.24) is 10.1 Å². The molecule has 1 unspecified atom stereocenters. The number of aromatic nitrogens is 2. The number of ether oxygens (including phenoxy) is 2. The number of ketones is 1. The van der Waals surface area contributed by atoms with Crippen molar-refractivity contribution in [3.63, 3.8) is 0 Å². The SMILES string of the molecule is CCOc1ccc(C(=O)C(C)OC(=O)CCc2nc(-c3cccs3)no2)cc1. The maximum absolute atomic E-state index is 12.4. The predicted molar refractivity (Wildman–Crippen MR) is 103 cm³/mol. The van der Waals surface area contributed by atoms with Gasteiger partial charge in [0, 0.05) is 12.0 Å². The van der Waals surface area contributed by atoms with E-state index in [0.717, 1.165) is 4.88 Å². The Kier molecular flexibility index (Phi) is 6.54. The molecule has 0 aliphatic heterocycles. The van der Waals surface area contributed by atoms with Crippen molar-refractivity contribution >= 4 is 23.1 Å². The van der Waals surface area contributed by atoms with Crippen LogP contribution in [0.15, 0.2) is 46.3 Å². The van der Waals surface area contributed by atoms with E-state index >= 15 is 0 Å². The number of Topliss-reactive ketones (excluding diaryl/α,β-unsaturated/α-hetero) is 1. The second-order valence-electron chi connectivity index (χ2n) is 5.94. The second-order valence-corrected chi connectivity index (χ2v) is 6.89. The molecular weight excluding hydrogens is 380 g/mol. The van der Waals surface area contributed by atoms with Gasteiger partial charge in [0.25, 0.3) is 0 Å². The third-order valence-corrected chi connectivity index (χ3v) is 4.75. The molecule has 0 N–H and O–H groups in total. The van der Waals surface area contributed by atoms with E-state index in [0.29, 0.717) is 29.6 Å². The number of rotatable bonds is 9. The summed E-state index contributed by atoms with van der Waals surface area (Å²) < 4.78 is 15.7. The van der Waals surface area contributed by atoms with Crippen molar-refractivity contribution in [1.29, 1.82) is 0 Å². The largest absolute Gasteiger partial charge is 0.494 e. The van der Waals surface area contributed by atoms with Gasteiger partial charge in [-0.3, -0.25) is 9.59 Å². The summed E-state index contributed by atoms with van der Waals surface area (Å²) in [5.74, 6) is 0.769. The molecule has 3 aromatic rings. The minimum absolute atomic E-state index is 0.0486. The van der Waals surface area contributed by atoms with Gasteiger partial charge in [0.2, 0.25) is 17.5 Å². The average Bonchev–Trinajstić information content (AvgIpc) is 3.38. The zero-order chi connectivity index (χ0) is 19.9. The highest BCUT2D eigenvalue weighted by Gasteiger charge is 2.20. The van der Waals surface area contributed by atoms with E-state index in [9.17, 15) is 9.59 Å². The monoisotopic (exact) mass is 400 g/mol. The Balaban J connectivity index is 1.49. The lowest BCUT2D eigenvalue weighted by Crippen LogP contribution is -2.24. The smallest absolute Gasteiger partial charge is 0.307 e. The minimum atomic E-state index is -0.880. The summed E-state index contributed by atoms with van der Waals surface area (Å²) in [6.07, 6.45) is -0.580. The van der Waals surface area contributed by atoms with Crippen LogP contribution in [-0.2, 0) is 16.0 Å². The number of aryl methyl sites for hydroxylation is 1. The molecule has 0 spiro atoms. The molecule has 0 fully saturated rings. The van der Waals surface area contributed by atoms with Crippen LogP contribution < -0.4 is 4.74 Å². The van der Waals surface area contributed by atoms with E-state index in [1.165, 1.54) is 11.3 Å². The normalized spacial score (nSPS) is 11.8. The van der Waals surface area contributed by atoms with Crippen LogP contribution in [-0.4, -0.2) is 34.6 Å². The van der Waals surface area contributed by atoms with Gasteiger partial charge < -0.3 is 14.0 Å². The molecule has 2 aromatic heterocycles. The molecule has 28 heavy (non-hydrogen) atoms. The molecule has 0 bridgehead atoms. The van der Waals surface area contributed by atoms with Crippen LogP contribution in [0.4, 0.5) is 0 Å². The molecule has 146 valence electrons. The Labute approximate surface area is 166 Å². The third kappa shape index (κ3) is 5.04. The van der Waals surface area contributed by atoms with Crippen LogP contribution in [0.5, 0.6) is 5.75 Å². The van der Waals surface area contributed by atoms with E-state index in [-0.39, 0.29) is 18.6 Å². The van der Waals surface area contributed by atoms with Crippen LogP contribution in [0, 0.1) is 0 Å². The van der Waals surface area contributed by atoms with E-state index in [4.69, 9.17) is 14.0 Å². The summed E-state index contributed by atoms with van der Waals surface area (Å²) in [7, 11) is 0. The fourth-order valence-electron chi connectivity index (χ4n) is 2.50. The van der Waals surface area contributed by atoms with Crippen LogP contribution in [0.25, 0.3) is 10.7 Å². The van der Waals surface area contributed by atoms with Gasteiger partial charge in [-0.05, 0) is 49.6 Å². The van der Waals surface area contributed by atoms with Gasteiger partial charge in [0.05, 0.1) is 17.9 Å². The zero-order valence-electron chi connectivity index (χ0n) is 15.6. The molecule has 0 aliphatic carbocycles. The highest BCUT2D eigenvalue weighted by molar-refractivity contribution is 7.13. The molecule has 2 heterocycles. The van der Waals surface area contributed by atoms with Crippen molar-refractivity contribution in [3.8, 4) is 16.5 Å². The van der Waals surface area contributed by atoms with Gasteiger partial charge in [-0.2, -0.15) is 4.98 Å². The second kappa shape index (κ2) is 9.27. The van der Waals surface area contributed by atoms with Crippen molar-refractivity contribution in [3.05, 3.63) is 53.2 Å². The number of benzene rings is 1. The Morgan fingerprint density at radius 3 is 2.68 bits per heavy atom. The first-order valence-corrected chi connectivity index (χ1v) is 9.77. The quantitative estimate of drug-likeness (QED) is 0.397. The minimum Gasteiger partial charge on any atom is -0.494 e. The Bertz CT molecular complexity index is 918. The zero-order valence-corrected chi connectivity index (χ0v) is 16.4. The molecule has 1 aromatic carbocycles. The number of thiophene rings is 1. The van der Waals surface area contributed by atoms with Gasteiger partial charge >= 0.3 is 5.97 Å². The summed E-state index contributed by atoms with van der Waals surface area (Å²) in [6.45, 7) is 3.99. The molecule has 0 aliphatic rings. The first kappa shape index (κ1) is 19.8. The topological polar surface area (TPSA) is 91.5 Å². The molecule has 8 heteroatoms. The number of hydrogen-bond donors (Lipinski definition) is 0. The highest BCUT2D eigenvalue weighted by Crippen LogP contribution is 2.21. The third-order valence-electron chi connectivity index (χ3n) is 3.88. The van der Waals surface area contributed by atoms with Gasteiger partial charge in [0.1, 0.15) is 5.75 Å². The molecule has 3 rings (SSSR count). The van der Waals surface area contributed by atoms with Gasteiger partial charge in [-0.1, -0.05) is 11.2 Å². The molecular formula is C20H20N2O5S. The van der Waals surface area contributed by atoms with Crippen molar-refractivity contribution in [2.45, 2.75) is 32.8 Å². The summed E-state index contributed by atoms with van der Waals surface area (Å²) >= 11 is 1.50. The fraction of sp³-hybridized carbons (Fsp3) is 0.300. The van der Waals surface area contributed by atoms with Crippen LogP contribution in [0.3, 0.4) is 0 Å². The average molecular weight is 400 g/mol. The van der Waals surface area contributed by atoms with Crippen molar-refractivity contribution in [2.75, 3.05) is 6.61 Å². The number of esters is 1. The van der Waals surface area contributed by atoms with E-state index < -0.39 is 12.1 Å². The molecule has 7 nitrogen and oxygen atoms in total. The van der Waals surface area contributed by atoms with Gasteiger partial charge in [0.15, 0.2) is 6.10 Å². The molecule has 0 radical (unpaired) electrons. The number of hydrogen-bond acceptors (Lipinski definition) is 8. The number of carbonyl (C=O) groups is 2. The standard InChI is InChI=1S/C20H20N2O5S/c1-3-25-15-8-6-14(7-9-15)19(24)13(2)26-18(23)11-10-17-21-20(22-27-17)16-5-4-12-28-16/h4-9,12-13H,3,10-11H2,1-2H3. The lowest BCUT2D eigenvalue weighted by molar-refractivity contribution is -0.146. The van der Waals surface area contributed by atoms with Crippen molar-refractivity contribution in [2.24, 2.45) is 0 Å². The first-order valence-electron chi connectivity index (χ1n) is 8.90. The maximum atomic E-state index is 12.4. The molecule has 0 amide bonds. The predicted octanol–water partition coefficient (Wildman–Crippen LogP) is 3.94. The Hall–Kier alpha value is -3.00. The highest BCUT2D eigenvalue weighted by atomic mass is 32.1. The van der Waals surface area contributed by atoms with Crippen LogP contribution in [0.2, 0.25) is 0 Å². The molecule has 0 saturated carbocycles. The van der Waals surface area contributed by atoms with Crippen molar-refractivity contribution < 1.29 is 23.6 Å². The van der Waals surface area contributed by atoms with Gasteiger partial charge in [-0.25, -0.2) is 0 Å². The Morgan fingerprint density at radius 2 is 2.00 bits per heavy atom. The lowest BCUT2D eigenvalue weighted by atomic mass is 10.1. The number of carbonyl (C=O) groups excluding carboxylic acids is 2. The van der Waals surface area contributed by atoms with E-state index in [1.807, 2.05) is 24.4 Å². The van der Waals surface area contributed by atoms with Crippen LogP contribution in [0.1, 0.15) is 36.5 Å². The molecule has 0 saturated heterocycles. The first-order chi connectivity index (χ1) is 13.6. The Morgan fingerprint density at radius 1 is 1.21 bits per heavy atom. The summed E-state index contributed by atoms with van der Waals surface area (Å²) in [6, 6.07) is 10.5. The van der Waals surface area contributed by atoms with Gasteiger partial charge in [-0.15, -0.1) is 11.3 Å². The summed E-state index contributed by atoms with van der Waals surface area (Å²) in [5, 5.41) is 5.82. The lowest BCUT2D eigenvalue weighted by Gasteiger charge is -2.12. The molecule has 1 atom stereocenters. The summed E-state index contributed by atoms with van der Waals surface area (Å²) in [5.41, 5.74) is 0.459. The maximum Gasteiger partial charge on any atom is 0.307 e. The fourth-order valence-corrected chi connectivity index (χ4v) is 3.15. The van der Waals surface area contributed by atoms with E-state index in [1.54, 1.807) is 31.2 Å².